The molecule has 0 heterocycles. The lowest BCUT2D eigenvalue weighted by atomic mass is 9.86. The Bertz CT molecular complexity index is 242. The summed E-state index contributed by atoms with van der Waals surface area (Å²) >= 11 is 0. The molecule has 1 aliphatic rings. The van der Waals surface area contributed by atoms with Crippen LogP contribution in [-0.2, 0) is 0 Å². The molecular weight excluding hydrogens is 244 g/mol. The molecule has 0 amide bonds. The van der Waals surface area contributed by atoms with Gasteiger partial charge in [0.15, 0.2) is 0 Å². The molecule has 0 aromatic rings. The van der Waals surface area contributed by atoms with Crippen LogP contribution in [0.25, 0.3) is 0 Å². The Kier molecular flexibility index (Phi) is 8.13. The van der Waals surface area contributed by atoms with E-state index in [0.29, 0.717) is 11.5 Å². The third-order valence-electron chi connectivity index (χ3n) is 4.99. The van der Waals surface area contributed by atoms with Crippen molar-refractivity contribution in [3.63, 3.8) is 0 Å². The summed E-state index contributed by atoms with van der Waals surface area (Å²) in [7, 11) is 0. The van der Waals surface area contributed by atoms with E-state index in [9.17, 15) is 0 Å². The minimum Gasteiger partial charge on any atom is -0.312 e. The molecule has 1 N–H and O–H groups in total. The Balaban J connectivity index is 2.69. The van der Waals surface area contributed by atoms with Crippen LogP contribution in [0.3, 0.4) is 0 Å². The molecular formula is C18H38N2. The number of hydrogen-bond acceptors (Lipinski definition) is 2. The molecule has 1 aliphatic carbocycles. The second-order valence-electron chi connectivity index (χ2n) is 7.27. The van der Waals surface area contributed by atoms with E-state index >= 15 is 0 Å². The summed E-state index contributed by atoms with van der Waals surface area (Å²) in [5.74, 6) is 0. The molecule has 1 fully saturated rings. The van der Waals surface area contributed by atoms with E-state index in [1.54, 1.807) is 0 Å². The Morgan fingerprint density at radius 1 is 1.00 bits per heavy atom. The zero-order valence-electron chi connectivity index (χ0n) is 14.7. The second-order valence-corrected chi connectivity index (χ2v) is 7.27. The molecule has 1 saturated carbocycles. The summed E-state index contributed by atoms with van der Waals surface area (Å²) in [5, 5.41) is 3.86. The molecule has 1 rings (SSSR count). The van der Waals surface area contributed by atoms with Gasteiger partial charge in [-0.3, -0.25) is 4.90 Å². The summed E-state index contributed by atoms with van der Waals surface area (Å²) in [4.78, 5) is 2.80. The third kappa shape index (κ3) is 5.04. The molecule has 2 nitrogen and oxygen atoms in total. The number of rotatable bonds is 10. The van der Waals surface area contributed by atoms with Gasteiger partial charge in [0.25, 0.3) is 0 Å². The fraction of sp³-hybridized carbons (Fsp3) is 1.00. The van der Waals surface area contributed by atoms with Crippen LogP contribution in [0.4, 0.5) is 0 Å². The van der Waals surface area contributed by atoms with Crippen LogP contribution < -0.4 is 5.32 Å². The van der Waals surface area contributed by atoms with Crippen molar-refractivity contribution in [1.29, 1.82) is 0 Å². The van der Waals surface area contributed by atoms with Gasteiger partial charge in [0, 0.05) is 12.1 Å². The smallest absolute Gasteiger partial charge is 0.0274 e. The van der Waals surface area contributed by atoms with E-state index < -0.39 is 0 Å². The van der Waals surface area contributed by atoms with Crippen molar-refractivity contribution in [3.05, 3.63) is 0 Å². The van der Waals surface area contributed by atoms with Crippen LogP contribution in [0.2, 0.25) is 0 Å². The predicted molar refractivity (Wildman–Crippen MR) is 90.3 cm³/mol. The zero-order valence-corrected chi connectivity index (χ0v) is 14.7. The van der Waals surface area contributed by atoms with Crippen LogP contribution in [0, 0.1) is 5.41 Å². The third-order valence-corrected chi connectivity index (χ3v) is 4.99. The first kappa shape index (κ1) is 18.0. The monoisotopic (exact) mass is 282 g/mol. The molecule has 20 heavy (non-hydrogen) atoms. The van der Waals surface area contributed by atoms with E-state index in [1.807, 2.05) is 0 Å². The van der Waals surface area contributed by atoms with Crippen molar-refractivity contribution in [2.45, 2.75) is 91.6 Å². The molecule has 0 aromatic heterocycles. The quantitative estimate of drug-likeness (QED) is 0.637. The first-order valence-electron chi connectivity index (χ1n) is 9.04. The fourth-order valence-electron chi connectivity index (χ4n) is 3.63. The highest BCUT2D eigenvalue weighted by molar-refractivity contribution is 5.01. The molecule has 0 bridgehead atoms. The highest BCUT2D eigenvalue weighted by Crippen LogP contribution is 2.40. The summed E-state index contributed by atoms with van der Waals surface area (Å²) in [6, 6.07) is 1.44. The zero-order chi connectivity index (χ0) is 15.0. The number of hydrogen-bond donors (Lipinski definition) is 1. The average Bonchev–Trinajstić information content (AvgIpc) is 2.72. The number of unbranched alkanes of at least 4 members (excludes halogenated alkanes) is 2. The maximum absolute atomic E-state index is 3.86. The Morgan fingerprint density at radius 3 is 2.10 bits per heavy atom. The Labute approximate surface area is 127 Å². The minimum atomic E-state index is 0.455. The maximum Gasteiger partial charge on any atom is 0.0274 e. The van der Waals surface area contributed by atoms with Crippen molar-refractivity contribution in [2.24, 2.45) is 5.41 Å². The highest BCUT2D eigenvalue weighted by atomic mass is 15.2. The molecule has 2 heteroatoms. The largest absolute Gasteiger partial charge is 0.312 e. The van der Waals surface area contributed by atoms with Gasteiger partial charge in [0.2, 0.25) is 0 Å². The summed E-state index contributed by atoms with van der Waals surface area (Å²) in [6.07, 6.45) is 9.30. The SMILES string of the molecule is CCCCN(CCCC)C1CCC(C)(C)C1NCCC. The van der Waals surface area contributed by atoms with E-state index in [4.69, 9.17) is 0 Å². The van der Waals surface area contributed by atoms with E-state index in [-0.39, 0.29) is 0 Å². The summed E-state index contributed by atoms with van der Waals surface area (Å²) in [5.41, 5.74) is 0.455. The van der Waals surface area contributed by atoms with Gasteiger partial charge < -0.3 is 5.32 Å². The van der Waals surface area contributed by atoms with Gasteiger partial charge in [0.05, 0.1) is 0 Å². The van der Waals surface area contributed by atoms with Crippen LogP contribution in [-0.4, -0.2) is 36.6 Å². The Hall–Kier alpha value is -0.0800. The lowest BCUT2D eigenvalue weighted by Gasteiger charge is -2.38. The molecule has 0 aromatic carbocycles. The molecule has 120 valence electrons. The van der Waals surface area contributed by atoms with Gasteiger partial charge in [0.1, 0.15) is 0 Å². The molecule has 0 saturated heterocycles. The predicted octanol–water partition coefficient (Wildman–Crippen LogP) is 4.45. The van der Waals surface area contributed by atoms with E-state index in [0.717, 1.165) is 6.04 Å². The first-order valence-corrected chi connectivity index (χ1v) is 9.04. The molecule has 0 radical (unpaired) electrons. The van der Waals surface area contributed by atoms with Crippen molar-refractivity contribution in [1.82, 2.24) is 10.2 Å². The van der Waals surface area contributed by atoms with Gasteiger partial charge in [-0.15, -0.1) is 0 Å². The standard InChI is InChI=1S/C18H38N2/c1-6-9-14-20(15-10-7-2)16-11-12-18(4,5)17(16)19-13-8-3/h16-17,19H,6-15H2,1-5H3. The van der Waals surface area contributed by atoms with Gasteiger partial charge >= 0.3 is 0 Å². The van der Waals surface area contributed by atoms with Crippen LogP contribution in [0.5, 0.6) is 0 Å². The normalized spacial score (nSPS) is 25.5. The van der Waals surface area contributed by atoms with E-state index in [1.165, 1.54) is 64.6 Å². The van der Waals surface area contributed by atoms with Crippen LogP contribution >= 0.6 is 0 Å². The van der Waals surface area contributed by atoms with Crippen molar-refractivity contribution in [2.75, 3.05) is 19.6 Å². The topological polar surface area (TPSA) is 15.3 Å². The average molecular weight is 283 g/mol. The van der Waals surface area contributed by atoms with Crippen LogP contribution in [0.1, 0.15) is 79.6 Å². The summed E-state index contributed by atoms with van der Waals surface area (Å²) < 4.78 is 0. The van der Waals surface area contributed by atoms with Crippen molar-refractivity contribution < 1.29 is 0 Å². The number of nitrogens with one attached hydrogen (secondary N) is 1. The molecule has 0 spiro atoms. The molecule has 2 unspecified atom stereocenters. The lowest BCUT2D eigenvalue weighted by Crippen LogP contribution is -2.52. The van der Waals surface area contributed by atoms with E-state index in [2.05, 4.69) is 44.8 Å². The molecule has 2 atom stereocenters. The van der Waals surface area contributed by atoms with Crippen LogP contribution in [0.15, 0.2) is 0 Å². The second kappa shape index (κ2) is 9.04. The summed E-state index contributed by atoms with van der Waals surface area (Å²) in [6.45, 7) is 15.6. The van der Waals surface area contributed by atoms with Gasteiger partial charge in [-0.05, 0) is 57.2 Å². The van der Waals surface area contributed by atoms with Crippen molar-refractivity contribution >= 4 is 0 Å². The van der Waals surface area contributed by atoms with Crippen molar-refractivity contribution in [3.8, 4) is 0 Å². The van der Waals surface area contributed by atoms with Gasteiger partial charge in [-0.2, -0.15) is 0 Å². The fourth-order valence-corrected chi connectivity index (χ4v) is 3.63. The first-order chi connectivity index (χ1) is 9.56. The Morgan fingerprint density at radius 2 is 1.60 bits per heavy atom. The number of nitrogens with zero attached hydrogens (tertiary/aromatic N) is 1. The minimum absolute atomic E-state index is 0.455. The van der Waals surface area contributed by atoms with Gasteiger partial charge in [-0.25, -0.2) is 0 Å². The lowest BCUT2D eigenvalue weighted by molar-refractivity contribution is 0.140. The van der Waals surface area contributed by atoms with Gasteiger partial charge in [-0.1, -0.05) is 47.5 Å². The highest BCUT2D eigenvalue weighted by Gasteiger charge is 2.43. The molecule has 0 aliphatic heterocycles. The maximum atomic E-state index is 3.86.